The zero-order valence-corrected chi connectivity index (χ0v) is 11.9. The van der Waals surface area contributed by atoms with Crippen molar-refractivity contribution >= 4 is 0 Å². The Hall–Kier alpha value is -2.82. The standard InChI is InChI=1S/C15H10F4N2O2/c1-22-15-13(18)11(16)9(12(17)14(15)19)7-23-10-4-2-3-8(21-10)5-6-20/h2-4H,5,7H2,1H3. The van der Waals surface area contributed by atoms with Crippen LogP contribution in [0.1, 0.15) is 11.3 Å². The molecule has 0 saturated carbocycles. The summed E-state index contributed by atoms with van der Waals surface area (Å²) in [6.07, 6.45) is 0.0196. The Balaban J connectivity index is 2.28. The second kappa shape index (κ2) is 6.96. The summed E-state index contributed by atoms with van der Waals surface area (Å²) in [7, 11) is 0.890. The number of nitrogens with zero attached hydrogens (tertiary/aromatic N) is 2. The quantitative estimate of drug-likeness (QED) is 0.625. The summed E-state index contributed by atoms with van der Waals surface area (Å²) < 4.78 is 64.1. The Labute approximate surface area is 128 Å². The first kappa shape index (κ1) is 16.5. The Morgan fingerprint density at radius 3 is 2.30 bits per heavy atom. The highest BCUT2D eigenvalue weighted by Crippen LogP contribution is 2.30. The zero-order chi connectivity index (χ0) is 17.0. The first-order chi connectivity index (χ1) is 11.0. The van der Waals surface area contributed by atoms with Gasteiger partial charge in [-0.15, -0.1) is 0 Å². The van der Waals surface area contributed by atoms with Crippen LogP contribution < -0.4 is 9.47 Å². The van der Waals surface area contributed by atoms with Crippen molar-refractivity contribution in [2.75, 3.05) is 7.11 Å². The van der Waals surface area contributed by atoms with Crippen molar-refractivity contribution in [3.8, 4) is 17.7 Å². The molecule has 2 aromatic rings. The van der Waals surface area contributed by atoms with Gasteiger partial charge in [0.25, 0.3) is 0 Å². The molecule has 23 heavy (non-hydrogen) atoms. The Morgan fingerprint density at radius 2 is 1.74 bits per heavy atom. The molecule has 0 bridgehead atoms. The van der Waals surface area contributed by atoms with Crippen LogP contribution in [0.15, 0.2) is 18.2 Å². The van der Waals surface area contributed by atoms with E-state index in [1.54, 1.807) is 6.07 Å². The van der Waals surface area contributed by atoms with Gasteiger partial charge in [0.2, 0.25) is 17.5 Å². The highest BCUT2D eigenvalue weighted by molar-refractivity contribution is 5.34. The van der Waals surface area contributed by atoms with Crippen LogP contribution in [0.4, 0.5) is 17.6 Å². The minimum absolute atomic E-state index is 0.0196. The molecular weight excluding hydrogens is 316 g/mol. The van der Waals surface area contributed by atoms with E-state index in [0.29, 0.717) is 5.69 Å². The van der Waals surface area contributed by atoms with E-state index < -0.39 is 41.2 Å². The van der Waals surface area contributed by atoms with Gasteiger partial charge in [0.05, 0.1) is 30.9 Å². The van der Waals surface area contributed by atoms with E-state index in [1.807, 2.05) is 6.07 Å². The lowest BCUT2D eigenvalue weighted by atomic mass is 10.1. The molecule has 0 radical (unpaired) electrons. The summed E-state index contributed by atoms with van der Waals surface area (Å²) >= 11 is 0. The van der Waals surface area contributed by atoms with Crippen molar-refractivity contribution in [3.05, 3.63) is 52.7 Å². The second-order valence-corrected chi connectivity index (χ2v) is 4.36. The molecule has 4 nitrogen and oxygen atoms in total. The van der Waals surface area contributed by atoms with Crippen LogP contribution in [0.25, 0.3) is 0 Å². The normalized spacial score (nSPS) is 10.3. The maximum Gasteiger partial charge on any atom is 0.213 e. The van der Waals surface area contributed by atoms with Crippen LogP contribution in [-0.4, -0.2) is 12.1 Å². The largest absolute Gasteiger partial charge is 0.491 e. The topological polar surface area (TPSA) is 55.1 Å². The predicted molar refractivity (Wildman–Crippen MR) is 70.7 cm³/mol. The minimum atomic E-state index is -1.64. The number of rotatable bonds is 5. The molecule has 0 unspecified atom stereocenters. The van der Waals surface area contributed by atoms with Crippen molar-refractivity contribution in [3.63, 3.8) is 0 Å². The Morgan fingerprint density at radius 1 is 1.09 bits per heavy atom. The molecule has 0 aliphatic carbocycles. The first-order valence-electron chi connectivity index (χ1n) is 6.34. The Kier molecular flexibility index (Phi) is 5.01. The Bertz CT molecular complexity index is 746. The van der Waals surface area contributed by atoms with Crippen molar-refractivity contribution < 1.29 is 27.0 Å². The van der Waals surface area contributed by atoms with Crippen LogP contribution in [0.3, 0.4) is 0 Å². The monoisotopic (exact) mass is 326 g/mol. The smallest absolute Gasteiger partial charge is 0.213 e. The molecule has 0 fully saturated rings. The van der Waals surface area contributed by atoms with Gasteiger partial charge in [0.15, 0.2) is 17.4 Å². The van der Waals surface area contributed by atoms with Crippen LogP contribution in [0.5, 0.6) is 11.6 Å². The maximum absolute atomic E-state index is 13.8. The lowest BCUT2D eigenvalue weighted by Gasteiger charge is -2.12. The van der Waals surface area contributed by atoms with Gasteiger partial charge in [-0.05, 0) is 6.07 Å². The average molecular weight is 326 g/mol. The van der Waals surface area contributed by atoms with E-state index >= 15 is 0 Å². The molecule has 1 heterocycles. The van der Waals surface area contributed by atoms with Crippen LogP contribution in [-0.2, 0) is 13.0 Å². The van der Waals surface area contributed by atoms with Gasteiger partial charge < -0.3 is 9.47 Å². The molecule has 0 spiro atoms. The number of ether oxygens (including phenoxy) is 2. The fraction of sp³-hybridized carbons (Fsp3) is 0.200. The third-order valence-electron chi connectivity index (χ3n) is 2.92. The van der Waals surface area contributed by atoms with E-state index in [4.69, 9.17) is 10.00 Å². The number of hydrogen-bond acceptors (Lipinski definition) is 4. The molecular formula is C15H10F4N2O2. The molecule has 1 aromatic heterocycles. The van der Waals surface area contributed by atoms with E-state index in [-0.39, 0.29) is 12.3 Å². The fourth-order valence-corrected chi connectivity index (χ4v) is 1.83. The number of hydrogen-bond donors (Lipinski definition) is 0. The molecule has 120 valence electrons. The van der Waals surface area contributed by atoms with Gasteiger partial charge in [-0.25, -0.2) is 13.8 Å². The molecule has 0 N–H and O–H groups in total. The average Bonchev–Trinajstić information content (AvgIpc) is 2.54. The maximum atomic E-state index is 13.8. The summed E-state index contributed by atoms with van der Waals surface area (Å²) in [6.45, 7) is -0.779. The van der Waals surface area contributed by atoms with E-state index in [2.05, 4.69) is 9.72 Å². The van der Waals surface area contributed by atoms with Gasteiger partial charge >= 0.3 is 0 Å². The van der Waals surface area contributed by atoms with Crippen molar-refractivity contribution in [1.82, 2.24) is 4.98 Å². The molecule has 2 rings (SSSR count). The molecule has 0 aliphatic heterocycles. The van der Waals surface area contributed by atoms with Gasteiger partial charge in [-0.1, -0.05) is 6.07 Å². The molecule has 0 amide bonds. The third-order valence-corrected chi connectivity index (χ3v) is 2.92. The summed E-state index contributed by atoms with van der Waals surface area (Å²) in [6, 6.07) is 6.35. The van der Waals surface area contributed by atoms with Gasteiger partial charge in [0, 0.05) is 6.07 Å². The molecule has 0 saturated heterocycles. The van der Waals surface area contributed by atoms with E-state index in [1.165, 1.54) is 12.1 Å². The van der Waals surface area contributed by atoms with E-state index in [0.717, 1.165) is 7.11 Å². The van der Waals surface area contributed by atoms with E-state index in [9.17, 15) is 17.6 Å². The third kappa shape index (κ3) is 3.34. The summed E-state index contributed by atoms with van der Waals surface area (Å²) in [5, 5.41) is 8.58. The number of benzene rings is 1. The minimum Gasteiger partial charge on any atom is -0.491 e. The lowest BCUT2D eigenvalue weighted by molar-refractivity contribution is 0.267. The van der Waals surface area contributed by atoms with Crippen LogP contribution in [0, 0.1) is 34.6 Å². The summed E-state index contributed by atoms with van der Waals surface area (Å²) in [5.41, 5.74) is -0.536. The van der Waals surface area contributed by atoms with Gasteiger partial charge in [-0.3, -0.25) is 0 Å². The number of aromatic nitrogens is 1. The number of halogens is 4. The van der Waals surface area contributed by atoms with Crippen molar-refractivity contribution in [1.29, 1.82) is 5.26 Å². The van der Waals surface area contributed by atoms with Crippen LogP contribution >= 0.6 is 0 Å². The molecule has 8 heteroatoms. The summed E-state index contributed by atoms with van der Waals surface area (Å²) in [5.74, 6) is -7.67. The SMILES string of the molecule is COc1c(F)c(F)c(COc2cccc(CC#N)n2)c(F)c1F. The number of pyridine rings is 1. The van der Waals surface area contributed by atoms with Crippen molar-refractivity contribution in [2.24, 2.45) is 0 Å². The fourth-order valence-electron chi connectivity index (χ4n) is 1.83. The van der Waals surface area contributed by atoms with Gasteiger partial charge in [-0.2, -0.15) is 14.0 Å². The predicted octanol–water partition coefficient (Wildman–Crippen LogP) is 3.29. The number of nitriles is 1. The second-order valence-electron chi connectivity index (χ2n) is 4.36. The number of methoxy groups -OCH3 is 1. The van der Waals surface area contributed by atoms with Gasteiger partial charge in [0.1, 0.15) is 6.61 Å². The van der Waals surface area contributed by atoms with Crippen molar-refractivity contribution in [2.45, 2.75) is 13.0 Å². The molecule has 1 aromatic carbocycles. The zero-order valence-electron chi connectivity index (χ0n) is 11.9. The molecule has 0 aliphatic rings. The lowest BCUT2D eigenvalue weighted by Crippen LogP contribution is -2.09. The molecule has 0 atom stereocenters. The first-order valence-corrected chi connectivity index (χ1v) is 6.34. The summed E-state index contributed by atoms with van der Waals surface area (Å²) in [4.78, 5) is 3.91. The highest BCUT2D eigenvalue weighted by Gasteiger charge is 2.26. The van der Waals surface area contributed by atoms with Crippen LogP contribution in [0.2, 0.25) is 0 Å². The highest BCUT2D eigenvalue weighted by atomic mass is 19.2.